The van der Waals surface area contributed by atoms with Gasteiger partial charge in [0.15, 0.2) is 0 Å². The predicted molar refractivity (Wildman–Crippen MR) is 61.1 cm³/mol. The van der Waals surface area contributed by atoms with Crippen LogP contribution in [0, 0.1) is 0 Å². The second-order valence-corrected chi connectivity index (χ2v) is 4.26. The van der Waals surface area contributed by atoms with E-state index in [4.69, 9.17) is 5.73 Å². The van der Waals surface area contributed by atoms with E-state index in [2.05, 4.69) is 4.74 Å². The molecule has 1 aromatic carbocycles. The molecule has 0 saturated heterocycles. The molecule has 0 spiro atoms. The Balaban J connectivity index is 2.51. The fraction of sp³-hybridized carbons (Fsp3) is 0.182. The second kappa shape index (κ2) is 4.00. The highest BCUT2D eigenvalue weighted by atomic mass is 32.1. The molecule has 2 N–H and O–H groups in total. The van der Waals surface area contributed by atoms with Gasteiger partial charge in [-0.1, -0.05) is 12.1 Å². The number of fused-ring (bicyclic) bond motifs is 1. The summed E-state index contributed by atoms with van der Waals surface area (Å²) in [5, 5.41) is 1.05. The van der Waals surface area contributed by atoms with Gasteiger partial charge in [0.1, 0.15) is 4.88 Å². The molecule has 0 aliphatic heterocycles. The molecule has 0 radical (unpaired) electrons. The zero-order valence-electron chi connectivity index (χ0n) is 8.32. The quantitative estimate of drug-likeness (QED) is 0.790. The summed E-state index contributed by atoms with van der Waals surface area (Å²) >= 11 is 1.43. The molecule has 0 saturated carbocycles. The minimum atomic E-state index is -0.287. The first-order valence-electron chi connectivity index (χ1n) is 4.55. The molecule has 0 bridgehead atoms. The molecule has 0 atom stereocenters. The first kappa shape index (κ1) is 10.1. The monoisotopic (exact) mass is 221 g/mol. The fourth-order valence-electron chi connectivity index (χ4n) is 1.40. The summed E-state index contributed by atoms with van der Waals surface area (Å²) in [6.45, 7) is 0.515. The third-order valence-corrected chi connectivity index (χ3v) is 3.28. The van der Waals surface area contributed by atoms with Crippen molar-refractivity contribution < 1.29 is 9.53 Å². The van der Waals surface area contributed by atoms with Crippen molar-refractivity contribution in [2.24, 2.45) is 5.73 Å². The number of ether oxygens (including phenoxy) is 1. The van der Waals surface area contributed by atoms with E-state index in [9.17, 15) is 4.79 Å². The molecule has 2 rings (SSSR count). The summed E-state index contributed by atoms with van der Waals surface area (Å²) in [5.41, 5.74) is 6.62. The van der Waals surface area contributed by atoms with E-state index in [0.717, 1.165) is 15.6 Å². The number of thiophene rings is 1. The standard InChI is InChI=1S/C11H11NO2S/c1-14-11(13)10-5-8-3-2-7(6-12)4-9(8)15-10/h2-5H,6,12H2,1H3. The molecule has 15 heavy (non-hydrogen) atoms. The average Bonchev–Trinajstić information content (AvgIpc) is 2.70. The highest BCUT2D eigenvalue weighted by Crippen LogP contribution is 2.26. The van der Waals surface area contributed by atoms with Crippen molar-refractivity contribution in [1.29, 1.82) is 0 Å². The maximum absolute atomic E-state index is 11.3. The minimum Gasteiger partial charge on any atom is -0.465 e. The van der Waals surface area contributed by atoms with Crippen LogP contribution in [0.1, 0.15) is 15.2 Å². The van der Waals surface area contributed by atoms with Crippen LogP contribution in [-0.4, -0.2) is 13.1 Å². The Labute approximate surface area is 91.5 Å². The number of benzene rings is 1. The number of carbonyl (C=O) groups excluding carboxylic acids is 1. The lowest BCUT2D eigenvalue weighted by Crippen LogP contribution is -1.96. The number of hydrogen-bond acceptors (Lipinski definition) is 4. The van der Waals surface area contributed by atoms with E-state index in [0.29, 0.717) is 11.4 Å². The first-order chi connectivity index (χ1) is 7.24. The maximum Gasteiger partial charge on any atom is 0.348 e. The van der Waals surface area contributed by atoms with Gasteiger partial charge in [0, 0.05) is 11.2 Å². The number of methoxy groups -OCH3 is 1. The van der Waals surface area contributed by atoms with Gasteiger partial charge in [0.25, 0.3) is 0 Å². The minimum absolute atomic E-state index is 0.287. The van der Waals surface area contributed by atoms with Crippen LogP contribution in [0.4, 0.5) is 0 Å². The van der Waals surface area contributed by atoms with Crippen molar-refractivity contribution in [1.82, 2.24) is 0 Å². The molecule has 0 fully saturated rings. The lowest BCUT2D eigenvalue weighted by atomic mass is 10.2. The number of rotatable bonds is 2. The van der Waals surface area contributed by atoms with Gasteiger partial charge in [-0.25, -0.2) is 4.79 Å². The SMILES string of the molecule is COC(=O)c1cc2ccc(CN)cc2s1. The second-order valence-electron chi connectivity index (χ2n) is 3.18. The smallest absolute Gasteiger partial charge is 0.348 e. The molecule has 0 aliphatic carbocycles. The summed E-state index contributed by atoms with van der Waals surface area (Å²) in [5.74, 6) is -0.287. The van der Waals surface area contributed by atoms with Gasteiger partial charge in [-0.2, -0.15) is 0 Å². The van der Waals surface area contributed by atoms with Gasteiger partial charge in [0.05, 0.1) is 7.11 Å². The predicted octanol–water partition coefficient (Wildman–Crippen LogP) is 2.15. The van der Waals surface area contributed by atoms with Crippen LogP contribution < -0.4 is 5.73 Å². The van der Waals surface area contributed by atoms with E-state index in [1.54, 1.807) is 0 Å². The molecule has 78 valence electrons. The molecule has 3 nitrogen and oxygen atoms in total. The number of carbonyl (C=O) groups is 1. The Morgan fingerprint density at radius 2 is 2.27 bits per heavy atom. The summed E-state index contributed by atoms with van der Waals surface area (Å²) in [6.07, 6.45) is 0. The molecule has 1 aromatic heterocycles. The van der Waals surface area contributed by atoms with Crippen LogP contribution in [-0.2, 0) is 11.3 Å². The lowest BCUT2D eigenvalue weighted by molar-refractivity contribution is 0.0606. The summed E-state index contributed by atoms with van der Waals surface area (Å²) in [7, 11) is 1.39. The van der Waals surface area contributed by atoms with Gasteiger partial charge in [-0.05, 0) is 23.1 Å². The Bertz CT molecular complexity index is 504. The van der Waals surface area contributed by atoms with Gasteiger partial charge >= 0.3 is 5.97 Å². The first-order valence-corrected chi connectivity index (χ1v) is 5.37. The van der Waals surface area contributed by atoms with E-state index >= 15 is 0 Å². The molecule has 1 heterocycles. The van der Waals surface area contributed by atoms with Gasteiger partial charge < -0.3 is 10.5 Å². The van der Waals surface area contributed by atoms with Crippen LogP contribution in [0.3, 0.4) is 0 Å². The summed E-state index contributed by atoms with van der Waals surface area (Å²) in [6, 6.07) is 7.79. The highest BCUT2D eigenvalue weighted by molar-refractivity contribution is 7.20. The van der Waals surface area contributed by atoms with Gasteiger partial charge in [0.2, 0.25) is 0 Å². The fourth-order valence-corrected chi connectivity index (χ4v) is 2.45. The Morgan fingerprint density at radius 1 is 1.47 bits per heavy atom. The molecule has 4 heteroatoms. The maximum atomic E-state index is 11.3. The van der Waals surface area contributed by atoms with Crippen molar-refractivity contribution in [3.63, 3.8) is 0 Å². The van der Waals surface area contributed by atoms with Crippen molar-refractivity contribution in [3.05, 3.63) is 34.7 Å². The van der Waals surface area contributed by atoms with Gasteiger partial charge in [-0.3, -0.25) is 0 Å². The zero-order chi connectivity index (χ0) is 10.8. The van der Waals surface area contributed by atoms with E-state index < -0.39 is 0 Å². The number of nitrogens with two attached hydrogens (primary N) is 1. The van der Waals surface area contributed by atoms with E-state index in [-0.39, 0.29) is 5.97 Å². The third-order valence-electron chi connectivity index (χ3n) is 2.21. The zero-order valence-corrected chi connectivity index (χ0v) is 9.14. The largest absolute Gasteiger partial charge is 0.465 e. The third kappa shape index (κ3) is 1.86. The average molecular weight is 221 g/mol. The summed E-state index contributed by atoms with van der Waals surface area (Å²) in [4.78, 5) is 11.9. The van der Waals surface area contributed by atoms with Crippen LogP contribution in [0.5, 0.6) is 0 Å². The Hall–Kier alpha value is -1.39. The molecule has 0 aliphatic rings. The molecular formula is C11H11NO2S. The number of hydrogen-bond donors (Lipinski definition) is 1. The number of esters is 1. The van der Waals surface area contributed by atoms with Crippen LogP contribution >= 0.6 is 11.3 Å². The van der Waals surface area contributed by atoms with Crippen molar-refractivity contribution in [2.75, 3.05) is 7.11 Å². The van der Waals surface area contributed by atoms with Crippen molar-refractivity contribution in [2.45, 2.75) is 6.54 Å². The lowest BCUT2D eigenvalue weighted by Gasteiger charge is -1.94. The van der Waals surface area contributed by atoms with Gasteiger partial charge in [-0.15, -0.1) is 11.3 Å². The Kier molecular flexibility index (Phi) is 2.70. The van der Waals surface area contributed by atoms with E-state index in [1.807, 2.05) is 24.3 Å². The normalized spacial score (nSPS) is 10.5. The topological polar surface area (TPSA) is 52.3 Å². The highest BCUT2D eigenvalue weighted by Gasteiger charge is 2.09. The van der Waals surface area contributed by atoms with Crippen molar-refractivity contribution in [3.8, 4) is 0 Å². The van der Waals surface area contributed by atoms with Crippen LogP contribution in [0.2, 0.25) is 0 Å². The van der Waals surface area contributed by atoms with Crippen LogP contribution in [0.15, 0.2) is 24.3 Å². The molecule has 0 amide bonds. The van der Waals surface area contributed by atoms with E-state index in [1.165, 1.54) is 18.4 Å². The summed E-state index contributed by atoms with van der Waals surface area (Å²) < 4.78 is 5.74. The molecule has 2 aromatic rings. The Morgan fingerprint density at radius 3 is 2.93 bits per heavy atom. The van der Waals surface area contributed by atoms with Crippen molar-refractivity contribution >= 4 is 27.4 Å². The molecule has 0 unspecified atom stereocenters. The molecular weight excluding hydrogens is 210 g/mol. The van der Waals surface area contributed by atoms with Crippen LogP contribution in [0.25, 0.3) is 10.1 Å².